The van der Waals surface area contributed by atoms with Crippen molar-refractivity contribution in [3.8, 4) is 22.7 Å². The first-order valence-electron chi connectivity index (χ1n) is 12.9. The van der Waals surface area contributed by atoms with E-state index in [9.17, 15) is 4.79 Å². The molecule has 2 aliphatic rings. The van der Waals surface area contributed by atoms with Gasteiger partial charge in [0, 0.05) is 11.0 Å². The highest BCUT2D eigenvalue weighted by atomic mass is 16.5. The molecule has 4 aromatic rings. The van der Waals surface area contributed by atoms with Gasteiger partial charge in [-0.2, -0.15) is 5.10 Å². The molecular formula is C31H30N4O2. The third-order valence-corrected chi connectivity index (χ3v) is 7.73. The van der Waals surface area contributed by atoms with E-state index >= 15 is 0 Å². The Bertz CT molecular complexity index is 1500. The fourth-order valence-corrected chi connectivity index (χ4v) is 5.96. The van der Waals surface area contributed by atoms with Gasteiger partial charge in [0.2, 0.25) is 5.95 Å². The van der Waals surface area contributed by atoms with E-state index in [-0.39, 0.29) is 11.0 Å². The zero-order chi connectivity index (χ0) is 25.2. The number of hydrogen-bond donors (Lipinski definition) is 1. The molecule has 37 heavy (non-hydrogen) atoms. The van der Waals surface area contributed by atoms with Gasteiger partial charge in [-0.25, -0.2) is 15.0 Å². The molecule has 2 aliphatic carbocycles. The standard InChI is InChI=1S/C31H30N4O2/c1-37-25-16-14-24(15-17-25)35-29(36)27-28(33-30(35)34-32-21-22-10-4-2-5-11-22)26-13-7-6-12-23(26)20-31(27)18-8-3-9-19-31/h2,4-7,10-17,21H,3,8-9,18-20H2,1H3,(H,33,34)/b32-21+. The van der Waals surface area contributed by atoms with Crippen molar-refractivity contribution >= 4 is 12.2 Å². The lowest BCUT2D eigenvalue weighted by atomic mass is 9.62. The smallest absolute Gasteiger partial charge is 0.263 e. The third kappa shape index (κ3) is 4.22. The lowest BCUT2D eigenvalue weighted by molar-refractivity contribution is 0.284. The quantitative estimate of drug-likeness (QED) is 0.271. The van der Waals surface area contributed by atoms with Gasteiger partial charge in [-0.05, 0) is 54.7 Å². The number of ether oxygens (including phenoxy) is 1. The van der Waals surface area contributed by atoms with Crippen LogP contribution in [0.25, 0.3) is 16.9 Å². The maximum absolute atomic E-state index is 14.5. The second kappa shape index (κ2) is 9.69. The van der Waals surface area contributed by atoms with Crippen LogP contribution >= 0.6 is 0 Å². The van der Waals surface area contributed by atoms with Crippen LogP contribution in [0, 0.1) is 0 Å². The number of anilines is 1. The van der Waals surface area contributed by atoms with Crippen molar-refractivity contribution in [1.82, 2.24) is 9.55 Å². The van der Waals surface area contributed by atoms with Crippen LogP contribution in [0.15, 0.2) is 88.8 Å². The van der Waals surface area contributed by atoms with Crippen LogP contribution in [0.4, 0.5) is 5.95 Å². The van der Waals surface area contributed by atoms with E-state index < -0.39 is 0 Å². The molecule has 1 heterocycles. The minimum atomic E-state index is -0.188. The van der Waals surface area contributed by atoms with Gasteiger partial charge in [-0.1, -0.05) is 73.9 Å². The number of hydrazone groups is 1. The van der Waals surface area contributed by atoms with Crippen LogP contribution in [0.1, 0.15) is 48.8 Å². The second-order valence-electron chi connectivity index (χ2n) is 9.95. The summed E-state index contributed by atoms with van der Waals surface area (Å²) in [6.07, 6.45) is 8.11. The highest BCUT2D eigenvalue weighted by Gasteiger charge is 2.43. The molecule has 1 aromatic heterocycles. The van der Waals surface area contributed by atoms with Gasteiger partial charge in [0.05, 0.1) is 30.3 Å². The number of methoxy groups -OCH3 is 1. The van der Waals surface area contributed by atoms with E-state index in [2.05, 4.69) is 28.7 Å². The van der Waals surface area contributed by atoms with Gasteiger partial charge in [0.1, 0.15) is 5.75 Å². The van der Waals surface area contributed by atoms with Crippen LogP contribution in [0.3, 0.4) is 0 Å². The summed E-state index contributed by atoms with van der Waals surface area (Å²) in [7, 11) is 1.64. The first kappa shape index (κ1) is 23.2. The van der Waals surface area contributed by atoms with E-state index in [0.29, 0.717) is 5.95 Å². The van der Waals surface area contributed by atoms with Gasteiger partial charge < -0.3 is 4.74 Å². The summed E-state index contributed by atoms with van der Waals surface area (Å²) in [5.41, 5.74) is 8.51. The summed E-state index contributed by atoms with van der Waals surface area (Å²) in [4.78, 5) is 19.6. The molecule has 0 aliphatic heterocycles. The zero-order valence-corrected chi connectivity index (χ0v) is 21.0. The first-order valence-corrected chi connectivity index (χ1v) is 12.9. The summed E-state index contributed by atoms with van der Waals surface area (Å²) in [6, 6.07) is 25.8. The van der Waals surface area contributed by atoms with Crippen LogP contribution in [0.2, 0.25) is 0 Å². The zero-order valence-electron chi connectivity index (χ0n) is 21.0. The molecule has 0 unspecified atom stereocenters. The average molecular weight is 491 g/mol. The fraction of sp³-hybridized carbons (Fsp3) is 0.258. The van der Waals surface area contributed by atoms with Gasteiger partial charge in [-0.3, -0.25) is 4.79 Å². The minimum Gasteiger partial charge on any atom is -0.497 e. The van der Waals surface area contributed by atoms with Crippen molar-refractivity contribution in [3.05, 3.63) is 106 Å². The summed E-state index contributed by atoms with van der Waals surface area (Å²) in [5, 5.41) is 4.46. The normalized spacial score (nSPS) is 15.8. The molecule has 6 heteroatoms. The topological polar surface area (TPSA) is 68.5 Å². The Morgan fingerprint density at radius 3 is 2.43 bits per heavy atom. The average Bonchev–Trinajstić information content (AvgIpc) is 2.94. The molecule has 0 saturated heterocycles. The Hall–Kier alpha value is -4.19. The SMILES string of the molecule is COc1ccc(-n2c(N/N=C/c3ccccc3)nc3c(c2=O)C2(CCCCC2)Cc2ccccc2-3)cc1. The number of nitrogens with one attached hydrogen (secondary N) is 1. The molecule has 0 bridgehead atoms. The number of aromatic nitrogens is 2. The van der Waals surface area contributed by atoms with Crippen molar-refractivity contribution < 1.29 is 4.74 Å². The second-order valence-corrected chi connectivity index (χ2v) is 9.95. The van der Waals surface area contributed by atoms with E-state index in [1.807, 2.05) is 60.7 Å². The molecule has 1 spiro atoms. The first-order chi connectivity index (χ1) is 18.2. The molecule has 6 nitrogen and oxygen atoms in total. The molecule has 186 valence electrons. The lowest BCUT2D eigenvalue weighted by Gasteiger charge is -2.42. The number of fused-ring (bicyclic) bond motifs is 4. The molecule has 0 amide bonds. The summed E-state index contributed by atoms with van der Waals surface area (Å²) >= 11 is 0. The summed E-state index contributed by atoms with van der Waals surface area (Å²) in [6.45, 7) is 0. The van der Waals surface area contributed by atoms with Crippen LogP contribution in [-0.2, 0) is 11.8 Å². The van der Waals surface area contributed by atoms with Crippen molar-refractivity contribution in [2.75, 3.05) is 12.5 Å². The van der Waals surface area contributed by atoms with Gasteiger partial charge in [0.15, 0.2) is 0 Å². The van der Waals surface area contributed by atoms with Gasteiger partial charge >= 0.3 is 0 Å². The monoisotopic (exact) mass is 490 g/mol. The Labute approximate surface area is 216 Å². The molecule has 6 rings (SSSR count). The lowest BCUT2D eigenvalue weighted by Crippen LogP contribution is -2.42. The fourth-order valence-electron chi connectivity index (χ4n) is 5.96. The van der Waals surface area contributed by atoms with E-state index in [4.69, 9.17) is 9.72 Å². The Balaban J connectivity index is 1.56. The van der Waals surface area contributed by atoms with Crippen LogP contribution < -0.4 is 15.7 Å². The number of hydrogen-bond acceptors (Lipinski definition) is 5. The molecule has 0 radical (unpaired) electrons. The molecule has 1 saturated carbocycles. The van der Waals surface area contributed by atoms with Crippen molar-refractivity contribution in [1.29, 1.82) is 0 Å². The maximum Gasteiger partial charge on any atom is 0.263 e. The van der Waals surface area contributed by atoms with E-state index in [1.54, 1.807) is 17.9 Å². The predicted molar refractivity (Wildman–Crippen MR) is 148 cm³/mol. The van der Waals surface area contributed by atoms with E-state index in [1.165, 1.54) is 12.0 Å². The highest BCUT2D eigenvalue weighted by molar-refractivity contribution is 5.80. The predicted octanol–water partition coefficient (Wildman–Crippen LogP) is 6.11. The number of rotatable bonds is 5. The van der Waals surface area contributed by atoms with Gasteiger partial charge in [0.25, 0.3) is 5.56 Å². The van der Waals surface area contributed by atoms with Crippen molar-refractivity contribution in [3.63, 3.8) is 0 Å². The molecular weight excluding hydrogens is 460 g/mol. The minimum absolute atomic E-state index is 0.0241. The maximum atomic E-state index is 14.5. The van der Waals surface area contributed by atoms with Crippen molar-refractivity contribution in [2.24, 2.45) is 5.10 Å². The van der Waals surface area contributed by atoms with Crippen molar-refractivity contribution in [2.45, 2.75) is 43.9 Å². The molecule has 1 fully saturated rings. The molecule has 3 aromatic carbocycles. The Kier molecular flexibility index (Phi) is 6.08. The largest absolute Gasteiger partial charge is 0.497 e. The van der Waals surface area contributed by atoms with Crippen LogP contribution in [-0.4, -0.2) is 22.9 Å². The molecule has 0 atom stereocenters. The van der Waals surface area contributed by atoms with E-state index in [0.717, 1.165) is 65.9 Å². The Morgan fingerprint density at radius 1 is 0.946 bits per heavy atom. The number of nitrogens with zero attached hydrogens (tertiary/aromatic N) is 3. The van der Waals surface area contributed by atoms with Gasteiger partial charge in [-0.15, -0.1) is 0 Å². The van der Waals surface area contributed by atoms with Crippen LogP contribution in [0.5, 0.6) is 5.75 Å². The highest BCUT2D eigenvalue weighted by Crippen LogP contribution is 2.48. The molecule has 1 N–H and O–H groups in total. The Morgan fingerprint density at radius 2 is 1.68 bits per heavy atom. The number of benzene rings is 3. The third-order valence-electron chi connectivity index (χ3n) is 7.73. The summed E-state index contributed by atoms with van der Waals surface area (Å²) in [5.74, 6) is 1.13. The summed E-state index contributed by atoms with van der Waals surface area (Å²) < 4.78 is 7.03.